The van der Waals surface area contributed by atoms with E-state index in [-0.39, 0.29) is 11.7 Å². The molecular formula is C25H25NO6. The molecule has 166 valence electrons. The molecule has 0 atom stereocenters. The second-order valence-electron chi connectivity index (χ2n) is 7.10. The number of para-hydroxylation sites is 1. The summed E-state index contributed by atoms with van der Waals surface area (Å²) in [7, 11) is 1.49. The molecule has 3 aromatic carbocycles. The number of carbonyl (C=O) groups excluding carboxylic acids is 2. The summed E-state index contributed by atoms with van der Waals surface area (Å²) >= 11 is 0. The van der Waals surface area contributed by atoms with Gasteiger partial charge < -0.3 is 24.3 Å². The Morgan fingerprint density at radius 1 is 0.875 bits per heavy atom. The SMILES string of the molecule is COc1cc(C(=O)OCC(=O)Nc2ccc(Oc3ccccc3)cc2)ccc1OC(C)C. The van der Waals surface area contributed by atoms with Gasteiger partial charge in [0.25, 0.3) is 5.91 Å². The van der Waals surface area contributed by atoms with E-state index in [0.29, 0.717) is 22.9 Å². The summed E-state index contributed by atoms with van der Waals surface area (Å²) < 4.78 is 21.7. The smallest absolute Gasteiger partial charge is 0.338 e. The Kier molecular flexibility index (Phi) is 7.70. The molecule has 0 unspecified atom stereocenters. The highest BCUT2D eigenvalue weighted by molar-refractivity contribution is 5.95. The fourth-order valence-corrected chi connectivity index (χ4v) is 2.79. The molecule has 0 aliphatic heterocycles. The summed E-state index contributed by atoms with van der Waals surface area (Å²) in [6.45, 7) is 3.36. The lowest BCUT2D eigenvalue weighted by molar-refractivity contribution is -0.119. The predicted molar refractivity (Wildman–Crippen MR) is 121 cm³/mol. The van der Waals surface area contributed by atoms with Crippen molar-refractivity contribution in [1.82, 2.24) is 0 Å². The average Bonchev–Trinajstić information content (AvgIpc) is 2.79. The lowest BCUT2D eigenvalue weighted by Crippen LogP contribution is -2.21. The summed E-state index contributed by atoms with van der Waals surface area (Å²) in [6, 6.07) is 21.0. The second kappa shape index (κ2) is 10.9. The van der Waals surface area contributed by atoms with Gasteiger partial charge >= 0.3 is 5.97 Å². The van der Waals surface area contributed by atoms with Gasteiger partial charge in [0.2, 0.25) is 0 Å². The molecule has 0 aliphatic carbocycles. The Morgan fingerprint density at radius 2 is 1.56 bits per heavy atom. The van der Waals surface area contributed by atoms with Crippen LogP contribution < -0.4 is 19.5 Å². The number of amides is 1. The van der Waals surface area contributed by atoms with Crippen LogP contribution in [0.5, 0.6) is 23.0 Å². The Hall–Kier alpha value is -4.00. The van der Waals surface area contributed by atoms with Crippen molar-refractivity contribution in [3.8, 4) is 23.0 Å². The van der Waals surface area contributed by atoms with Gasteiger partial charge in [-0.2, -0.15) is 0 Å². The molecule has 0 spiro atoms. The van der Waals surface area contributed by atoms with Crippen LogP contribution in [0.4, 0.5) is 5.69 Å². The molecule has 0 bridgehead atoms. The molecule has 3 aromatic rings. The van der Waals surface area contributed by atoms with Gasteiger partial charge in [0.15, 0.2) is 18.1 Å². The second-order valence-corrected chi connectivity index (χ2v) is 7.10. The first-order chi connectivity index (χ1) is 15.4. The Labute approximate surface area is 186 Å². The van der Waals surface area contributed by atoms with E-state index in [1.807, 2.05) is 44.2 Å². The molecule has 0 saturated carbocycles. The Balaban J connectivity index is 1.51. The van der Waals surface area contributed by atoms with Crippen molar-refractivity contribution in [2.24, 2.45) is 0 Å². The van der Waals surface area contributed by atoms with Crippen LogP contribution in [0, 0.1) is 0 Å². The van der Waals surface area contributed by atoms with Gasteiger partial charge in [0, 0.05) is 5.69 Å². The minimum absolute atomic E-state index is 0.0376. The number of anilines is 1. The van der Waals surface area contributed by atoms with E-state index in [1.165, 1.54) is 13.2 Å². The van der Waals surface area contributed by atoms with Crippen molar-refractivity contribution in [3.63, 3.8) is 0 Å². The molecular weight excluding hydrogens is 410 g/mol. The minimum Gasteiger partial charge on any atom is -0.493 e. The molecule has 0 aliphatic rings. The van der Waals surface area contributed by atoms with Crippen molar-refractivity contribution >= 4 is 17.6 Å². The predicted octanol–water partition coefficient (Wildman–Crippen LogP) is 5.07. The zero-order valence-electron chi connectivity index (χ0n) is 18.2. The topological polar surface area (TPSA) is 83.1 Å². The van der Waals surface area contributed by atoms with Crippen LogP contribution in [0.3, 0.4) is 0 Å². The lowest BCUT2D eigenvalue weighted by atomic mass is 10.2. The highest BCUT2D eigenvalue weighted by atomic mass is 16.5. The number of ether oxygens (including phenoxy) is 4. The van der Waals surface area contributed by atoms with Crippen LogP contribution in [0.15, 0.2) is 72.8 Å². The van der Waals surface area contributed by atoms with Crippen molar-refractivity contribution < 1.29 is 28.5 Å². The molecule has 1 N–H and O–H groups in total. The van der Waals surface area contributed by atoms with Crippen LogP contribution in [-0.4, -0.2) is 31.7 Å². The van der Waals surface area contributed by atoms with E-state index < -0.39 is 18.5 Å². The first-order valence-corrected chi connectivity index (χ1v) is 10.1. The highest BCUT2D eigenvalue weighted by Gasteiger charge is 2.15. The van der Waals surface area contributed by atoms with Gasteiger partial charge in [-0.3, -0.25) is 4.79 Å². The lowest BCUT2D eigenvalue weighted by Gasteiger charge is -2.14. The molecule has 3 rings (SSSR count). The summed E-state index contributed by atoms with van der Waals surface area (Å²) in [5.41, 5.74) is 0.816. The maximum atomic E-state index is 12.3. The first-order valence-electron chi connectivity index (χ1n) is 10.1. The van der Waals surface area contributed by atoms with Crippen molar-refractivity contribution in [1.29, 1.82) is 0 Å². The molecule has 0 saturated heterocycles. The number of methoxy groups -OCH3 is 1. The number of rotatable bonds is 9. The molecule has 0 fully saturated rings. The van der Waals surface area contributed by atoms with Gasteiger partial charge in [-0.05, 0) is 68.4 Å². The number of hydrogen-bond acceptors (Lipinski definition) is 6. The van der Waals surface area contributed by atoms with Gasteiger partial charge in [-0.1, -0.05) is 18.2 Å². The van der Waals surface area contributed by atoms with Crippen LogP contribution in [0.2, 0.25) is 0 Å². The number of carbonyl (C=O) groups is 2. The van der Waals surface area contributed by atoms with E-state index in [2.05, 4.69) is 5.32 Å². The van der Waals surface area contributed by atoms with Crippen molar-refractivity contribution in [2.75, 3.05) is 19.0 Å². The Bertz CT molecular complexity index is 1050. The molecule has 32 heavy (non-hydrogen) atoms. The largest absolute Gasteiger partial charge is 0.493 e. The first kappa shape index (κ1) is 22.7. The highest BCUT2D eigenvalue weighted by Crippen LogP contribution is 2.29. The molecule has 1 amide bonds. The third-order valence-electron chi connectivity index (χ3n) is 4.21. The average molecular weight is 435 g/mol. The third-order valence-corrected chi connectivity index (χ3v) is 4.21. The minimum atomic E-state index is -0.638. The quantitative estimate of drug-likeness (QED) is 0.473. The number of hydrogen-bond donors (Lipinski definition) is 1. The fraction of sp³-hybridized carbons (Fsp3) is 0.200. The maximum absolute atomic E-state index is 12.3. The zero-order chi connectivity index (χ0) is 22.9. The van der Waals surface area contributed by atoms with Crippen LogP contribution in [0.1, 0.15) is 24.2 Å². The maximum Gasteiger partial charge on any atom is 0.338 e. The van der Waals surface area contributed by atoms with Gasteiger partial charge in [-0.15, -0.1) is 0 Å². The summed E-state index contributed by atoms with van der Waals surface area (Å²) in [6.07, 6.45) is -0.0376. The molecule has 0 heterocycles. The van der Waals surface area contributed by atoms with E-state index in [1.54, 1.807) is 36.4 Å². The van der Waals surface area contributed by atoms with Crippen molar-refractivity contribution in [2.45, 2.75) is 20.0 Å². The summed E-state index contributed by atoms with van der Waals surface area (Å²) in [5.74, 6) is 1.20. The summed E-state index contributed by atoms with van der Waals surface area (Å²) in [4.78, 5) is 24.5. The van der Waals surface area contributed by atoms with E-state index >= 15 is 0 Å². The molecule has 7 nitrogen and oxygen atoms in total. The third kappa shape index (κ3) is 6.50. The van der Waals surface area contributed by atoms with E-state index in [9.17, 15) is 9.59 Å². The van der Waals surface area contributed by atoms with Crippen LogP contribution >= 0.6 is 0 Å². The van der Waals surface area contributed by atoms with Crippen LogP contribution in [0.25, 0.3) is 0 Å². The van der Waals surface area contributed by atoms with Crippen LogP contribution in [-0.2, 0) is 9.53 Å². The number of benzene rings is 3. The molecule has 0 aromatic heterocycles. The van der Waals surface area contributed by atoms with Gasteiger partial charge in [0.05, 0.1) is 18.8 Å². The monoisotopic (exact) mass is 435 g/mol. The summed E-state index contributed by atoms with van der Waals surface area (Å²) in [5, 5.41) is 2.68. The van der Waals surface area contributed by atoms with E-state index in [0.717, 1.165) is 5.75 Å². The molecule has 0 radical (unpaired) electrons. The van der Waals surface area contributed by atoms with Crippen molar-refractivity contribution in [3.05, 3.63) is 78.4 Å². The number of esters is 1. The van der Waals surface area contributed by atoms with Gasteiger partial charge in [0.1, 0.15) is 11.5 Å². The molecule has 7 heteroatoms. The van der Waals surface area contributed by atoms with Gasteiger partial charge in [-0.25, -0.2) is 4.79 Å². The Morgan fingerprint density at radius 3 is 2.22 bits per heavy atom. The van der Waals surface area contributed by atoms with E-state index in [4.69, 9.17) is 18.9 Å². The fourth-order valence-electron chi connectivity index (χ4n) is 2.79. The normalized spacial score (nSPS) is 10.4. The standard InChI is InChI=1S/C25H25NO6/c1-17(2)31-22-14-9-18(15-23(22)29-3)25(28)30-16-24(27)26-19-10-12-21(13-11-19)32-20-7-5-4-6-8-20/h4-15,17H,16H2,1-3H3,(H,26,27). The zero-order valence-corrected chi connectivity index (χ0v) is 18.2. The number of nitrogens with one attached hydrogen (secondary N) is 1.